The predicted molar refractivity (Wildman–Crippen MR) is 87.8 cm³/mol. The maximum Gasteiger partial charge on any atom is 0.236 e. The van der Waals surface area contributed by atoms with Crippen molar-refractivity contribution < 1.29 is 4.42 Å². The summed E-state index contributed by atoms with van der Waals surface area (Å²) in [6, 6.07) is 14.5. The van der Waals surface area contributed by atoms with Crippen LogP contribution >= 0.6 is 11.3 Å². The molecule has 0 aliphatic carbocycles. The lowest BCUT2D eigenvalue weighted by Gasteiger charge is -2.16. The fraction of sp³-hybridized carbons (Fsp3) is 0.278. The zero-order valence-electron chi connectivity index (χ0n) is 12.6. The van der Waals surface area contributed by atoms with Gasteiger partial charge in [-0.05, 0) is 17.0 Å². The van der Waals surface area contributed by atoms with Crippen LogP contribution in [0.3, 0.4) is 0 Å². The van der Waals surface area contributed by atoms with E-state index in [1.165, 1.54) is 5.56 Å². The second-order valence-electron chi connectivity index (χ2n) is 6.18. The quantitative estimate of drug-likeness (QED) is 0.656. The van der Waals surface area contributed by atoms with Gasteiger partial charge in [-0.2, -0.15) is 0 Å². The molecule has 0 bridgehead atoms. The molecule has 0 radical (unpaired) electrons. The standard InChI is InChI=1S/C18H19NOS/c1-18(2,3)16-14(12-13-8-5-4-6-9-13)20-17(19-16)15-10-7-11-21-15/h4-11H,12H2,1-3H3. The van der Waals surface area contributed by atoms with Crippen molar-refractivity contribution in [2.75, 3.05) is 0 Å². The van der Waals surface area contributed by atoms with E-state index >= 15 is 0 Å². The highest BCUT2D eigenvalue weighted by molar-refractivity contribution is 7.13. The van der Waals surface area contributed by atoms with E-state index in [0.717, 1.165) is 28.6 Å². The fourth-order valence-electron chi connectivity index (χ4n) is 2.34. The summed E-state index contributed by atoms with van der Waals surface area (Å²) in [5.41, 5.74) is 2.27. The van der Waals surface area contributed by atoms with E-state index < -0.39 is 0 Å². The molecule has 0 fully saturated rings. The molecule has 0 saturated heterocycles. The molecule has 3 heteroatoms. The van der Waals surface area contributed by atoms with E-state index in [2.05, 4.69) is 51.1 Å². The minimum absolute atomic E-state index is 0.0247. The number of hydrogen-bond acceptors (Lipinski definition) is 3. The Kier molecular flexibility index (Phi) is 3.68. The number of thiophene rings is 1. The molecule has 0 atom stereocenters. The van der Waals surface area contributed by atoms with Gasteiger partial charge in [0.15, 0.2) is 0 Å². The van der Waals surface area contributed by atoms with Crippen LogP contribution in [0.15, 0.2) is 52.3 Å². The van der Waals surface area contributed by atoms with Crippen molar-refractivity contribution in [2.24, 2.45) is 0 Å². The monoisotopic (exact) mass is 297 g/mol. The first-order chi connectivity index (χ1) is 10.0. The lowest BCUT2D eigenvalue weighted by Crippen LogP contribution is -2.14. The summed E-state index contributed by atoms with van der Waals surface area (Å²) >= 11 is 1.66. The summed E-state index contributed by atoms with van der Waals surface area (Å²) in [4.78, 5) is 5.85. The molecule has 1 aromatic carbocycles. The molecule has 0 amide bonds. The average Bonchev–Trinajstić information content (AvgIpc) is 3.07. The van der Waals surface area contributed by atoms with Gasteiger partial charge in [-0.3, -0.25) is 0 Å². The smallest absolute Gasteiger partial charge is 0.236 e. The number of rotatable bonds is 3. The van der Waals surface area contributed by atoms with Gasteiger partial charge in [0.05, 0.1) is 10.6 Å². The SMILES string of the molecule is CC(C)(C)c1nc(-c2cccs2)oc1Cc1ccccc1. The molecule has 2 nitrogen and oxygen atoms in total. The molecular formula is C18H19NOS. The van der Waals surface area contributed by atoms with Gasteiger partial charge in [0, 0.05) is 11.8 Å². The maximum atomic E-state index is 6.09. The second-order valence-corrected chi connectivity index (χ2v) is 7.13. The number of nitrogens with zero attached hydrogens (tertiary/aromatic N) is 1. The summed E-state index contributed by atoms with van der Waals surface area (Å²) in [7, 11) is 0. The minimum atomic E-state index is -0.0247. The van der Waals surface area contributed by atoms with E-state index in [1.807, 2.05) is 17.5 Å². The zero-order chi connectivity index (χ0) is 14.9. The summed E-state index contributed by atoms with van der Waals surface area (Å²) in [6.45, 7) is 6.53. The average molecular weight is 297 g/mol. The van der Waals surface area contributed by atoms with Gasteiger partial charge in [-0.15, -0.1) is 11.3 Å². The van der Waals surface area contributed by atoms with Gasteiger partial charge >= 0.3 is 0 Å². The number of aromatic nitrogens is 1. The van der Waals surface area contributed by atoms with Crippen LogP contribution in [-0.2, 0) is 11.8 Å². The molecule has 0 aliphatic rings. The first-order valence-electron chi connectivity index (χ1n) is 7.12. The highest BCUT2D eigenvalue weighted by Crippen LogP contribution is 2.33. The Balaban J connectivity index is 2.02. The minimum Gasteiger partial charge on any atom is -0.440 e. The van der Waals surface area contributed by atoms with Crippen molar-refractivity contribution in [1.29, 1.82) is 0 Å². The van der Waals surface area contributed by atoms with Crippen LogP contribution in [0.1, 0.15) is 37.8 Å². The molecule has 3 rings (SSSR count). The van der Waals surface area contributed by atoms with E-state index in [0.29, 0.717) is 0 Å². The number of hydrogen-bond donors (Lipinski definition) is 0. The van der Waals surface area contributed by atoms with Crippen LogP contribution in [-0.4, -0.2) is 4.98 Å². The zero-order valence-corrected chi connectivity index (χ0v) is 13.4. The van der Waals surface area contributed by atoms with Crippen molar-refractivity contribution in [3.8, 4) is 10.8 Å². The topological polar surface area (TPSA) is 26.0 Å². The van der Waals surface area contributed by atoms with Crippen molar-refractivity contribution in [1.82, 2.24) is 4.98 Å². The van der Waals surface area contributed by atoms with Crippen LogP contribution in [0.4, 0.5) is 0 Å². The summed E-state index contributed by atoms with van der Waals surface area (Å²) in [5.74, 6) is 1.71. The Labute approximate surface area is 129 Å². The van der Waals surface area contributed by atoms with Gasteiger partial charge < -0.3 is 4.42 Å². The van der Waals surface area contributed by atoms with E-state index in [9.17, 15) is 0 Å². The van der Waals surface area contributed by atoms with Crippen LogP contribution in [0.25, 0.3) is 10.8 Å². The highest BCUT2D eigenvalue weighted by atomic mass is 32.1. The van der Waals surface area contributed by atoms with E-state index in [-0.39, 0.29) is 5.41 Å². The fourth-order valence-corrected chi connectivity index (χ4v) is 2.99. The maximum absolute atomic E-state index is 6.09. The normalized spacial score (nSPS) is 11.8. The van der Waals surface area contributed by atoms with E-state index in [1.54, 1.807) is 11.3 Å². The molecule has 3 aromatic rings. The second kappa shape index (κ2) is 5.49. The van der Waals surface area contributed by atoms with Gasteiger partial charge in [0.2, 0.25) is 5.89 Å². The molecule has 2 aromatic heterocycles. The van der Waals surface area contributed by atoms with Crippen LogP contribution in [0, 0.1) is 0 Å². The van der Waals surface area contributed by atoms with Crippen LogP contribution in [0.2, 0.25) is 0 Å². The van der Waals surface area contributed by atoms with Crippen molar-refractivity contribution in [3.05, 3.63) is 64.9 Å². The molecule has 0 N–H and O–H groups in total. The van der Waals surface area contributed by atoms with Crippen molar-refractivity contribution in [3.63, 3.8) is 0 Å². The Hall–Kier alpha value is -1.87. The van der Waals surface area contributed by atoms with Crippen molar-refractivity contribution >= 4 is 11.3 Å². The largest absolute Gasteiger partial charge is 0.440 e. The van der Waals surface area contributed by atoms with Crippen molar-refractivity contribution in [2.45, 2.75) is 32.6 Å². The third kappa shape index (κ3) is 3.08. The molecule has 108 valence electrons. The third-order valence-electron chi connectivity index (χ3n) is 3.35. The molecule has 2 heterocycles. The van der Waals surface area contributed by atoms with Gasteiger partial charge in [-0.1, -0.05) is 57.2 Å². The Morgan fingerprint density at radius 3 is 2.43 bits per heavy atom. The van der Waals surface area contributed by atoms with Gasteiger partial charge in [-0.25, -0.2) is 4.98 Å². The summed E-state index contributed by atoms with van der Waals surface area (Å²) < 4.78 is 6.09. The van der Waals surface area contributed by atoms with Gasteiger partial charge in [0.25, 0.3) is 0 Å². The molecule has 0 saturated carbocycles. The van der Waals surface area contributed by atoms with E-state index in [4.69, 9.17) is 9.40 Å². The molecular weight excluding hydrogens is 278 g/mol. The lowest BCUT2D eigenvalue weighted by atomic mass is 9.89. The molecule has 0 aliphatic heterocycles. The lowest BCUT2D eigenvalue weighted by molar-refractivity contribution is 0.503. The van der Waals surface area contributed by atoms with Crippen LogP contribution < -0.4 is 0 Å². The molecule has 21 heavy (non-hydrogen) atoms. The summed E-state index contributed by atoms with van der Waals surface area (Å²) in [5, 5.41) is 2.05. The summed E-state index contributed by atoms with van der Waals surface area (Å²) in [6.07, 6.45) is 0.784. The number of oxazole rings is 1. The Bertz CT molecular complexity index is 706. The van der Waals surface area contributed by atoms with Crippen LogP contribution in [0.5, 0.6) is 0 Å². The highest BCUT2D eigenvalue weighted by Gasteiger charge is 2.25. The molecule has 0 spiro atoms. The predicted octanol–water partition coefficient (Wildman–Crippen LogP) is 5.29. The first-order valence-corrected chi connectivity index (χ1v) is 8.00. The first kappa shape index (κ1) is 14.1. The Morgan fingerprint density at radius 1 is 1.05 bits per heavy atom. The molecule has 0 unspecified atom stereocenters. The van der Waals surface area contributed by atoms with Gasteiger partial charge in [0.1, 0.15) is 5.76 Å². The third-order valence-corrected chi connectivity index (χ3v) is 4.21. The number of benzene rings is 1. The Morgan fingerprint density at radius 2 is 1.81 bits per heavy atom.